The molecule has 1 aromatic rings. The maximum atomic E-state index is 12.3. The normalized spacial score (nSPS) is 18.3. The number of nitrogens with zero attached hydrogens (tertiary/aromatic N) is 1. The van der Waals surface area contributed by atoms with E-state index in [1.54, 1.807) is 0 Å². The molecule has 0 aliphatic carbocycles. The maximum Gasteiger partial charge on any atom is 0.224 e. The van der Waals surface area contributed by atoms with Crippen molar-refractivity contribution in [2.24, 2.45) is 5.92 Å². The Hall–Kier alpha value is -0.460. The summed E-state index contributed by atoms with van der Waals surface area (Å²) in [5.41, 5.74) is 3.48. The Morgan fingerprint density at radius 3 is 2.59 bits per heavy atom. The van der Waals surface area contributed by atoms with Crippen LogP contribution in [0.2, 0.25) is 0 Å². The lowest BCUT2D eigenvalue weighted by Crippen LogP contribution is -2.31. The lowest BCUT2D eigenvalue weighted by molar-refractivity contribution is -0.116. The van der Waals surface area contributed by atoms with Crippen LogP contribution in [0.5, 0.6) is 0 Å². The molecule has 1 aromatic carbocycles. The predicted molar refractivity (Wildman–Crippen MR) is 122 cm³/mol. The van der Waals surface area contributed by atoms with Gasteiger partial charge in [0.2, 0.25) is 5.91 Å². The van der Waals surface area contributed by atoms with Crippen LogP contribution in [0.3, 0.4) is 0 Å². The molecule has 0 aromatic heterocycles. The second kappa shape index (κ2) is 12.9. The first kappa shape index (κ1) is 24.6. The molecule has 0 radical (unpaired) electrons. The molecule has 7 heteroatoms. The first-order chi connectivity index (χ1) is 12.2. The van der Waals surface area contributed by atoms with Gasteiger partial charge in [0, 0.05) is 43.2 Å². The quantitative estimate of drug-likeness (QED) is 0.708. The molecule has 27 heavy (non-hydrogen) atoms. The van der Waals surface area contributed by atoms with Crippen molar-refractivity contribution in [3.63, 3.8) is 0 Å². The highest BCUT2D eigenvalue weighted by molar-refractivity contribution is 7.99. The fourth-order valence-corrected chi connectivity index (χ4v) is 4.68. The van der Waals surface area contributed by atoms with E-state index in [1.165, 1.54) is 48.6 Å². The van der Waals surface area contributed by atoms with Crippen molar-refractivity contribution < 1.29 is 4.79 Å². The van der Waals surface area contributed by atoms with Crippen LogP contribution in [0.1, 0.15) is 36.8 Å². The van der Waals surface area contributed by atoms with Crippen LogP contribution in [0.25, 0.3) is 0 Å². The summed E-state index contributed by atoms with van der Waals surface area (Å²) in [5.74, 6) is 3.34. The highest BCUT2D eigenvalue weighted by atomic mass is 35.5. The number of thioether (sulfide) groups is 1. The van der Waals surface area contributed by atoms with Crippen LogP contribution in [-0.4, -0.2) is 48.5 Å². The van der Waals surface area contributed by atoms with Crippen LogP contribution in [0.4, 0.5) is 5.69 Å². The number of hydrogen-bond donors (Lipinski definition) is 2. The molecule has 0 spiro atoms. The van der Waals surface area contributed by atoms with Crippen molar-refractivity contribution in [3.8, 4) is 0 Å². The van der Waals surface area contributed by atoms with Gasteiger partial charge in [0.05, 0.1) is 0 Å². The molecule has 0 atom stereocenters. The number of carbonyl (C=O) groups excluding carboxylic acids is 1. The van der Waals surface area contributed by atoms with Crippen LogP contribution in [0.15, 0.2) is 18.2 Å². The van der Waals surface area contributed by atoms with Crippen molar-refractivity contribution >= 4 is 48.2 Å². The summed E-state index contributed by atoms with van der Waals surface area (Å²) >= 11 is 2.04. The second-order valence-corrected chi connectivity index (χ2v) is 8.54. The number of hydrogen-bond acceptors (Lipinski definition) is 4. The Morgan fingerprint density at radius 2 is 1.93 bits per heavy atom. The molecular formula is C20H33Cl2N3OS. The van der Waals surface area contributed by atoms with E-state index >= 15 is 0 Å². The number of nitrogens with one attached hydrogen (secondary N) is 2. The topological polar surface area (TPSA) is 44.4 Å². The zero-order chi connectivity index (χ0) is 17.5. The number of benzene rings is 1. The number of aryl methyl sites for hydroxylation is 1. The average Bonchev–Trinajstić information content (AvgIpc) is 2.64. The number of rotatable bonds is 6. The Labute approximate surface area is 180 Å². The zero-order valence-corrected chi connectivity index (χ0v) is 18.6. The highest BCUT2D eigenvalue weighted by Gasteiger charge is 2.15. The van der Waals surface area contributed by atoms with Gasteiger partial charge in [0.1, 0.15) is 0 Å². The zero-order valence-electron chi connectivity index (χ0n) is 16.2. The molecule has 2 aliphatic rings. The summed E-state index contributed by atoms with van der Waals surface area (Å²) < 4.78 is 0. The van der Waals surface area contributed by atoms with E-state index in [1.807, 2.05) is 11.8 Å². The Bertz CT molecular complexity index is 576. The summed E-state index contributed by atoms with van der Waals surface area (Å²) in [4.78, 5) is 14.8. The van der Waals surface area contributed by atoms with E-state index in [4.69, 9.17) is 0 Å². The average molecular weight is 434 g/mol. The van der Waals surface area contributed by atoms with E-state index in [0.717, 1.165) is 31.7 Å². The largest absolute Gasteiger partial charge is 0.326 e. The first-order valence-corrected chi connectivity index (χ1v) is 10.8. The molecule has 154 valence electrons. The fraction of sp³-hybridized carbons (Fsp3) is 0.650. The van der Waals surface area contributed by atoms with Gasteiger partial charge < -0.3 is 10.6 Å². The van der Waals surface area contributed by atoms with Crippen molar-refractivity contribution in [1.29, 1.82) is 0 Å². The third-order valence-electron chi connectivity index (χ3n) is 5.31. The summed E-state index contributed by atoms with van der Waals surface area (Å²) in [5, 5.41) is 6.49. The smallest absolute Gasteiger partial charge is 0.224 e. The molecule has 0 saturated carbocycles. The molecule has 2 aliphatic heterocycles. The summed E-state index contributed by atoms with van der Waals surface area (Å²) in [7, 11) is 0. The number of anilines is 1. The van der Waals surface area contributed by atoms with Crippen LogP contribution in [0, 0.1) is 12.8 Å². The molecule has 2 fully saturated rings. The Kier molecular flexibility index (Phi) is 11.7. The monoisotopic (exact) mass is 433 g/mol. The van der Waals surface area contributed by atoms with Crippen molar-refractivity contribution in [3.05, 3.63) is 29.3 Å². The summed E-state index contributed by atoms with van der Waals surface area (Å²) in [6.07, 6.45) is 4.06. The maximum absolute atomic E-state index is 12.3. The van der Waals surface area contributed by atoms with Gasteiger partial charge in [0.25, 0.3) is 0 Å². The van der Waals surface area contributed by atoms with E-state index < -0.39 is 0 Å². The molecule has 0 bridgehead atoms. The predicted octanol–water partition coefficient (Wildman–Crippen LogP) is 4.11. The van der Waals surface area contributed by atoms with Crippen LogP contribution >= 0.6 is 36.6 Å². The van der Waals surface area contributed by atoms with E-state index in [2.05, 4.69) is 40.7 Å². The van der Waals surface area contributed by atoms with E-state index in [-0.39, 0.29) is 30.7 Å². The Balaban J connectivity index is 0.00000182. The lowest BCUT2D eigenvalue weighted by atomic mass is 9.93. The second-order valence-electron chi connectivity index (χ2n) is 7.32. The van der Waals surface area contributed by atoms with Crippen molar-refractivity contribution in [1.82, 2.24) is 10.2 Å². The minimum Gasteiger partial charge on any atom is -0.326 e. The van der Waals surface area contributed by atoms with Gasteiger partial charge in [-0.1, -0.05) is 12.1 Å². The van der Waals surface area contributed by atoms with Gasteiger partial charge in [0.15, 0.2) is 0 Å². The number of carbonyl (C=O) groups is 1. The molecule has 1 amide bonds. The molecule has 0 unspecified atom stereocenters. The van der Waals surface area contributed by atoms with Gasteiger partial charge in [-0.05, 0) is 62.4 Å². The number of piperidine rings is 1. The van der Waals surface area contributed by atoms with E-state index in [0.29, 0.717) is 12.3 Å². The standard InChI is InChI=1S/C20H31N3OS.2ClH/c1-16-14-18(15-23-10-12-25-13-11-23)2-4-19(16)22-20(24)5-3-17-6-8-21-9-7-17;;/h2,4,14,17,21H,3,5-13,15H2,1H3,(H,22,24);2*1H. The van der Waals surface area contributed by atoms with Crippen molar-refractivity contribution in [2.75, 3.05) is 43.0 Å². The molecule has 4 nitrogen and oxygen atoms in total. The Morgan fingerprint density at radius 1 is 1.22 bits per heavy atom. The van der Waals surface area contributed by atoms with Crippen molar-refractivity contribution in [2.45, 2.75) is 39.2 Å². The van der Waals surface area contributed by atoms with Crippen LogP contribution < -0.4 is 10.6 Å². The van der Waals surface area contributed by atoms with Gasteiger partial charge in [-0.25, -0.2) is 0 Å². The SMILES string of the molecule is Cc1cc(CN2CCSCC2)ccc1NC(=O)CCC1CCNCC1.Cl.Cl. The minimum atomic E-state index is 0. The molecule has 2 saturated heterocycles. The third-order valence-corrected chi connectivity index (χ3v) is 6.26. The van der Waals surface area contributed by atoms with Gasteiger partial charge >= 0.3 is 0 Å². The minimum absolute atomic E-state index is 0. The molecule has 2 N–H and O–H groups in total. The molecular weight excluding hydrogens is 401 g/mol. The number of amides is 1. The fourth-order valence-electron chi connectivity index (χ4n) is 3.70. The molecule has 2 heterocycles. The van der Waals surface area contributed by atoms with Crippen LogP contribution in [-0.2, 0) is 11.3 Å². The van der Waals surface area contributed by atoms with Gasteiger partial charge in [-0.3, -0.25) is 9.69 Å². The summed E-state index contributed by atoms with van der Waals surface area (Å²) in [6.45, 7) is 7.67. The van der Waals surface area contributed by atoms with E-state index in [9.17, 15) is 4.79 Å². The highest BCUT2D eigenvalue weighted by Crippen LogP contribution is 2.21. The van der Waals surface area contributed by atoms with Gasteiger partial charge in [-0.15, -0.1) is 24.8 Å². The third kappa shape index (κ3) is 8.20. The van der Waals surface area contributed by atoms with Gasteiger partial charge in [-0.2, -0.15) is 11.8 Å². The number of halogens is 2. The summed E-state index contributed by atoms with van der Waals surface area (Å²) in [6, 6.07) is 6.47. The molecule has 3 rings (SSSR count). The first-order valence-electron chi connectivity index (χ1n) is 9.61. The lowest BCUT2D eigenvalue weighted by Gasteiger charge is -2.26.